The first kappa shape index (κ1) is 12.2. The number of hydrogen-bond donors (Lipinski definition) is 2. The molecule has 0 atom stereocenters. The van der Waals surface area contributed by atoms with Gasteiger partial charge in [-0.2, -0.15) is 13.2 Å². The van der Waals surface area contributed by atoms with Crippen LogP contribution < -0.4 is 0 Å². The average Bonchev–Trinajstić information content (AvgIpc) is 2.74. The first-order valence-electron chi connectivity index (χ1n) is 4.98. The van der Waals surface area contributed by atoms with E-state index in [1.54, 1.807) is 30.3 Å². The average molecular weight is 255 g/mol. The Hall–Kier alpha value is -2.24. The number of carbonyl (C=O) groups is 1. The van der Waals surface area contributed by atoms with Crippen molar-refractivity contribution >= 4 is 5.97 Å². The van der Waals surface area contributed by atoms with E-state index in [0.29, 0.717) is 11.8 Å². The van der Waals surface area contributed by atoms with Gasteiger partial charge in [0.1, 0.15) is 0 Å². The SMILES string of the molecule is O=C(O)c1c(C(F)(F)F)c[nH]c1-c1ccccc1. The molecule has 0 saturated carbocycles. The second-order valence-corrected chi connectivity index (χ2v) is 3.62. The van der Waals surface area contributed by atoms with Crippen LogP contribution in [0.5, 0.6) is 0 Å². The smallest absolute Gasteiger partial charge is 0.418 e. The molecule has 2 aromatic rings. The third-order valence-corrected chi connectivity index (χ3v) is 2.46. The summed E-state index contributed by atoms with van der Waals surface area (Å²) in [5.41, 5.74) is -1.58. The molecule has 18 heavy (non-hydrogen) atoms. The van der Waals surface area contributed by atoms with Crippen LogP contribution in [0.25, 0.3) is 11.3 Å². The molecule has 0 aliphatic carbocycles. The van der Waals surface area contributed by atoms with E-state index < -0.39 is 23.3 Å². The second-order valence-electron chi connectivity index (χ2n) is 3.62. The van der Waals surface area contributed by atoms with E-state index in [1.165, 1.54) is 0 Å². The van der Waals surface area contributed by atoms with Crippen molar-refractivity contribution in [2.24, 2.45) is 0 Å². The second kappa shape index (κ2) is 4.21. The van der Waals surface area contributed by atoms with Crippen LogP contribution in [0.3, 0.4) is 0 Å². The molecule has 2 rings (SSSR count). The van der Waals surface area contributed by atoms with Gasteiger partial charge in [-0.1, -0.05) is 30.3 Å². The lowest BCUT2D eigenvalue weighted by molar-refractivity contribution is -0.137. The molecule has 0 radical (unpaired) electrons. The number of benzene rings is 1. The summed E-state index contributed by atoms with van der Waals surface area (Å²) < 4.78 is 38.0. The fourth-order valence-corrected chi connectivity index (χ4v) is 1.70. The summed E-state index contributed by atoms with van der Waals surface area (Å²) in [4.78, 5) is 13.4. The third kappa shape index (κ3) is 2.09. The van der Waals surface area contributed by atoms with Crippen molar-refractivity contribution in [1.82, 2.24) is 4.98 Å². The van der Waals surface area contributed by atoms with Crippen molar-refractivity contribution in [3.63, 3.8) is 0 Å². The number of aromatic amines is 1. The zero-order chi connectivity index (χ0) is 13.3. The van der Waals surface area contributed by atoms with Gasteiger partial charge < -0.3 is 10.1 Å². The summed E-state index contributed by atoms with van der Waals surface area (Å²) in [7, 11) is 0. The third-order valence-electron chi connectivity index (χ3n) is 2.46. The quantitative estimate of drug-likeness (QED) is 0.864. The normalized spacial score (nSPS) is 11.5. The molecule has 3 nitrogen and oxygen atoms in total. The topological polar surface area (TPSA) is 53.1 Å². The van der Waals surface area contributed by atoms with E-state index in [4.69, 9.17) is 5.11 Å². The Morgan fingerprint density at radius 3 is 2.28 bits per heavy atom. The number of H-pyrrole nitrogens is 1. The maximum atomic E-state index is 12.7. The number of alkyl halides is 3. The lowest BCUT2D eigenvalue weighted by Gasteiger charge is -2.06. The highest BCUT2D eigenvalue weighted by atomic mass is 19.4. The monoisotopic (exact) mass is 255 g/mol. The van der Waals surface area contributed by atoms with Crippen LogP contribution in [0.15, 0.2) is 36.5 Å². The predicted molar refractivity (Wildman–Crippen MR) is 58.2 cm³/mol. The minimum absolute atomic E-state index is 0.0459. The van der Waals surface area contributed by atoms with Gasteiger partial charge in [0.2, 0.25) is 0 Å². The van der Waals surface area contributed by atoms with Crippen LogP contribution in [-0.4, -0.2) is 16.1 Å². The fraction of sp³-hybridized carbons (Fsp3) is 0.0833. The van der Waals surface area contributed by atoms with Crippen LogP contribution >= 0.6 is 0 Å². The number of nitrogens with one attached hydrogen (secondary N) is 1. The molecule has 0 aliphatic heterocycles. The maximum absolute atomic E-state index is 12.7. The molecule has 1 heterocycles. The Kier molecular flexibility index (Phi) is 2.86. The van der Waals surface area contributed by atoms with Gasteiger partial charge in [-0.05, 0) is 5.56 Å². The maximum Gasteiger partial charge on any atom is 0.418 e. The first-order valence-corrected chi connectivity index (χ1v) is 4.98. The Bertz CT molecular complexity index is 573. The molecule has 2 N–H and O–H groups in total. The number of aromatic nitrogens is 1. The Labute approximate surface area is 99.9 Å². The molecule has 0 amide bonds. The lowest BCUT2D eigenvalue weighted by Crippen LogP contribution is -2.10. The number of aromatic carboxylic acids is 1. The summed E-state index contributed by atoms with van der Waals surface area (Å²) in [5.74, 6) is -1.61. The highest BCUT2D eigenvalue weighted by Gasteiger charge is 2.38. The summed E-state index contributed by atoms with van der Waals surface area (Å²) in [6.07, 6.45) is -4.02. The molecule has 94 valence electrons. The molecule has 0 aliphatic rings. The number of halogens is 3. The fourth-order valence-electron chi connectivity index (χ4n) is 1.70. The van der Waals surface area contributed by atoms with Gasteiger partial charge in [-0.25, -0.2) is 4.79 Å². The van der Waals surface area contributed by atoms with Crippen LogP contribution in [0.4, 0.5) is 13.2 Å². The van der Waals surface area contributed by atoms with Crippen LogP contribution in [0.1, 0.15) is 15.9 Å². The van der Waals surface area contributed by atoms with Crippen molar-refractivity contribution in [2.45, 2.75) is 6.18 Å². The molecule has 6 heteroatoms. The summed E-state index contributed by atoms with van der Waals surface area (Å²) >= 11 is 0. The van der Waals surface area contributed by atoms with Crippen LogP contribution in [-0.2, 0) is 6.18 Å². The summed E-state index contributed by atoms with van der Waals surface area (Å²) in [6.45, 7) is 0. The van der Waals surface area contributed by atoms with E-state index in [0.717, 1.165) is 0 Å². The Balaban J connectivity index is 2.64. The molecule has 0 spiro atoms. The minimum Gasteiger partial charge on any atom is -0.478 e. The van der Waals surface area contributed by atoms with E-state index in [9.17, 15) is 18.0 Å². The van der Waals surface area contributed by atoms with E-state index in [-0.39, 0.29) is 5.69 Å². The highest BCUT2D eigenvalue weighted by Crippen LogP contribution is 2.36. The molecule has 0 fully saturated rings. The van der Waals surface area contributed by atoms with Crippen LogP contribution in [0.2, 0.25) is 0 Å². The predicted octanol–water partition coefficient (Wildman–Crippen LogP) is 3.40. The number of rotatable bonds is 2. The van der Waals surface area contributed by atoms with E-state index >= 15 is 0 Å². The minimum atomic E-state index is -4.70. The van der Waals surface area contributed by atoms with Gasteiger partial charge in [-0.3, -0.25) is 0 Å². The van der Waals surface area contributed by atoms with Gasteiger partial charge in [0.25, 0.3) is 0 Å². The summed E-state index contributed by atoms with van der Waals surface area (Å²) in [6, 6.07) is 8.01. The van der Waals surface area contributed by atoms with Crippen molar-refractivity contribution in [3.05, 3.63) is 47.7 Å². The van der Waals surface area contributed by atoms with Gasteiger partial charge in [0.15, 0.2) is 0 Å². The van der Waals surface area contributed by atoms with Crippen molar-refractivity contribution in [1.29, 1.82) is 0 Å². The lowest BCUT2D eigenvalue weighted by atomic mass is 10.0. The highest BCUT2D eigenvalue weighted by molar-refractivity contribution is 5.97. The first-order chi connectivity index (χ1) is 8.41. The van der Waals surface area contributed by atoms with Gasteiger partial charge in [0.05, 0.1) is 16.8 Å². The standard InChI is InChI=1S/C12H8F3NO2/c13-12(14,15)8-6-16-10(9(8)11(17)18)7-4-2-1-3-5-7/h1-6,16H,(H,17,18). The number of hydrogen-bond acceptors (Lipinski definition) is 1. The molecule has 0 unspecified atom stereocenters. The Morgan fingerprint density at radius 2 is 1.78 bits per heavy atom. The van der Waals surface area contributed by atoms with E-state index in [2.05, 4.69) is 4.98 Å². The largest absolute Gasteiger partial charge is 0.478 e. The summed E-state index contributed by atoms with van der Waals surface area (Å²) in [5, 5.41) is 8.94. The molecule has 0 bridgehead atoms. The molecular weight excluding hydrogens is 247 g/mol. The molecular formula is C12H8F3NO2. The van der Waals surface area contributed by atoms with E-state index in [1.807, 2.05) is 0 Å². The van der Waals surface area contributed by atoms with Crippen molar-refractivity contribution < 1.29 is 23.1 Å². The number of carboxylic acid groups (broad SMARTS) is 1. The molecule has 0 saturated heterocycles. The van der Waals surface area contributed by atoms with Crippen LogP contribution in [0, 0.1) is 0 Å². The van der Waals surface area contributed by atoms with Gasteiger partial charge >= 0.3 is 12.1 Å². The zero-order valence-electron chi connectivity index (χ0n) is 8.95. The van der Waals surface area contributed by atoms with Gasteiger partial charge in [-0.15, -0.1) is 0 Å². The van der Waals surface area contributed by atoms with Gasteiger partial charge in [0, 0.05) is 6.20 Å². The zero-order valence-corrected chi connectivity index (χ0v) is 8.95. The number of carboxylic acids is 1. The molecule has 1 aromatic heterocycles. The Morgan fingerprint density at radius 1 is 1.17 bits per heavy atom. The molecule has 1 aromatic carbocycles. The van der Waals surface area contributed by atoms with Crippen molar-refractivity contribution in [2.75, 3.05) is 0 Å². The van der Waals surface area contributed by atoms with Crippen molar-refractivity contribution in [3.8, 4) is 11.3 Å².